The molecule has 13 atom stereocenters. The summed E-state index contributed by atoms with van der Waals surface area (Å²) in [5, 5.41) is 11.1. The van der Waals surface area contributed by atoms with Gasteiger partial charge in [-0.05, 0) is 36.5 Å². The normalized spacial score (nSPS) is 38.5. The molecular formula is C38H50O15. The van der Waals surface area contributed by atoms with Crippen LogP contribution in [-0.2, 0) is 61.9 Å². The van der Waals surface area contributed by atoms with Crippen molar-refractivity contribution in [2.45, 2.75) is 122 Å². The Bertz CT molecular complexity index is 1620. The van der Waals surface area contributed by atoms with Crippen molar-refractivity contribution >= 4 is 36.3 Å². The van der Waals surface area contributed by atoms with Gasteiger partial charge in [-0.1, -0.05) is 40.7 Å². The number of epoxide rings is 1. The first-order chi connectivity index (χ1) is 24.9. The number of esters is 5. The molecule has 0 aromatic carbocycles. The molecule has 2 saturated carbocycles. The van der Waals surface area contributed by atoms with Gasteiger partial charge in [-0.15, -0.1) is 0 Å². The molecule has 0 radical (unpaired) electrons. The lowest BCUT2D eigenvalue weighted by Crippen LogP contribution is -2.68. The molecule has 15 nitrogen and oxygen atoms in total. The Morgan fingerprint density at radius 1 is 1.13 bits per heavy atom. The SMILES string of the molecule is C=C1[C@H]([C@]2(C)[C@@H](OC(C)=O)CC(=O)O[C@](C)(COC(C)=O)[C@@H]2CC(=O)OC)[C@@H](OC=O)[C@H](OC(=O)[C@H](O)[C@H](C)CC)[C@]2(C)[C@@H](c3ccoc3)C[C@@H]3O[C@]132. The van der Waals surface area contributed by atoms with E-state index in [0.29, 0.717) is 18.4 Å². The van der Waals surface area contributed by atoms with Crippen LogP contribution in [0.15, 0.2) is 35.2 Å². The third kappa shape index (κ3) is 6.43. The zero-order valence-electron chi connectivity index (χ0n) is 31.4. The third-order valence-electron chi connectivity index (χ3n) is 12.6. The molecule has 4 fully saturated rings. The monoisotopic (exact) mass is 746 g/mol. The van der Waals surface area contributed by atoms with Crippen molar-refractivity contribution in [1.29, 1.82) is 0 Å². The number of furan rings is 1. The molecule has 1 spiro atoms. The highest BCUT2D eigenvalue weighted by atomic mass is 16.6. The number of ether oxygens (including phenoxy) is 7. The predicted molar refractivity (Wildman–Crippen MR) is 180 cm³/mol. The minimum Gasteiger partial charge on any atom is -0.472 e. The zero-order valence-corrected chi connectivity index (χ0v) is 31.4. The van der Waals surface area contributed by atoms with E-state index in [1.54, 1.807) is 26.2 Å². The van der Waals surface area contributed by atoms with E-state index in [-0.39, 0.29) is 6.47 Å². The molecule has 0 unspecified atom stereocenters. The highest BCUT2D eigenvalue weighted by molar-refractivity contribution is 5.76. The van der Waals surface area contributed by atoms with Gasteiger partial charge < -0.3 is 42.7 Å². The molecule has 0 amide bonds. The number of carbonyl (C=O) groups is 6. The van der Waals surface area contributed by atoms with Gasteiger partial charge in [-0.25, -0.2) is 4.79 Å². The van der Waals surface area contributed by atoms with E-state index in [4.69, 9.17) is 37.6 Å². The molecule has 4 aliphatic rings. The van der Waals surface area contributed by atoms with Crippen molar-refractivity contribution in [1.82, 2.24) is 0 Å². The summed E-state index contributed by atoms with van der Waals surface area (Å²) in [5.41, 5.74) is -4.74. The van der Waals surface area contributed by atoms with E-state index in [9.17, 15) is 33.9 Å². The molecule has 2 aliphatic carbocycles. The number of aliphatic hydroxyl groups is 1. The van der Waals surface area contributed by atoms with Crippen LogP contribution in [0.25, 0.3) is 0 Å². The largest absolute Gasteiger partial charge is 0.472 e. The van der Waals surface area contributed by atoms with Crippen LogP contribution in [0.4, 0.5) is 0 Å². The molecule has 5 rings (SSSR count). The van der Waals surface area contributed by atoms with Gasteiger partial charge in [0.15, 0.2) is 6.10 Å². The van der Waals surface area contributed by atoms with E-state index >= 15 is 0 Å². The van der Waals surface area contributed by atoms with Crippen LogP contribution in [0.2, 0.25) is 0 Å². The highest BCUT2D eigenvalue weighted by Crippen LogP contribution is 2.76. The maximum absolute atomic E-state index is 13.9. The maximum Gasteiger partial charge on any atom is 0.335 e. The molecule has 1 aromatic rings. The maximum atomic E-state index is 13.9. The van der Waals surface area contributed by atoms with E-state index in [2.05, 4.69) is 6.58 Å². The summed E-state index contributed by atoms with van der Waals surface area (Å²) >= 11 is 0. The van der Waals surface area contributed by atoms with Gasteiger partial charge in [0, 0.05) is 37.0 Å². The molecule has 53 heavy (non-hydrogen) atoms. The first kappa shape index (κ1) is 40.0. The topological polar surface area (TPSA) is 204 Å². The van der Waals surface area contributed by atoms with Crippen LogP contribution < -0.4 is 0 Å². The summed E-state index contributed by atoms with van der Waals surface area (Å²) in [6, 6.07) is 1.78. The van der Waals surface area contributed by atoms with Gasteiger partial charge in [0.25, 0.3) is 6.47 Å². The lowest BCUT2D eigenvalue weighted by atomic mass is 9.47. The lowest BCUT2D eigenvalue weighted by Gasteiger charge is -2.59. The molecule has 3 heterocycles. The second-order valence-corrected chi connectivity index (χ2v) is 15.4. The number of hydrogen-bond donors (Lipinski definition) is 1. The zero-order chi connectivity index (χ0) is 39.3. The minimum absolute atomic E-state index is 0.196. The van der Waals surface area contributed by atoms with Crippen molar-refractivity contribution in [3.63, 3.8) is 0 Å². The Labute approximate surface area is 307 Å². The Morgan fingerprint density at radius 3 is 2.40 bits per heavy atom. The molecule has 0 bridgehead atoms. The van der Waals surface area contributed by atoms with Crippen LogP contribution in [0, 0.1) is 28.6 Å². The first-order valence-electron chi connectivity index (χ1n) is 17.8. The lowest BCUT2D eigenvalue weighted by molar-refractivity contribution is -0.225. The van der Waals surface area contributed by atoms with Crippen LogP contribution >= 0.6 is 0 Å². The second kappa shape index (κ2) is 14.5. The Kier molecular flexibility index (Phi) is 11.0. The number of cyclic esters (lactones) is 1. The first-order valence-corrected chi connectivity index (χ1v) is 17.8. The molecular weight excluding hydrogens is 696 g/mol. The average Bonchev–Trinajstić information content (AvgIpc) is 3.47. The second-order valence-electron chi connectivity index (χ2n) is 15.4. The van der Waals surface area contributed by atoms with Crippen molar-refractivity contribution < 1.29 is 71.4 Å². The van der Waals surface area contributed by atoms with Crippen molar-refractivity contribution in [2.75, 3.05) is 13.7 Å². The number of methoxy groups -OCH3 is 1. The smallest absolute Gasteiger partial charge is 0.335 e. The summed E-state index contributed by atoms with van der Waals surface area (Å²) in [7, 11) is 1.17. The van der Waals surface area contributed by atoms with Gasteiger partial charge in [-0.2, -0.15) is 0 Å². The van der Waals surface area contributed by atoms with Gasteiger partial charge in [0.1, 0.15) is 36.1 Å². The number of aliphatic hydroxyl groups excluding tert-OH is 1. The summed E-state index contributed by atoms with van der Waals surface area (Å²) < 4.78 is 46.8. The minimum atomic E-state index is -1.76. The van der Waals surface area contributed by atoms with Crippen LogP contribution in [0.1, 0.15) is 85.6 Å². The molecule has 2 aliphatic heterocycles. The number of hydrogen-bond acceptors (Lipinski definition) is 15. The molecule has 2 saturated heterocycles. The van der Waals surface area contributed by atoms with Crippen molar-refractivity contribution in [3.8, 4) is 0 Å². The standard InChI is InChI=1S/C38H50O15/c1-10-19(2)31(44)34(45)51-33-32(49-18-39)30(20(3)38-27(52-38)13-24(37(33,38)8)23-11-12-47-16-23)36(7)25(14-28(42)46-9)35(6,17-48-21(4)40)53-29(43)15-26(36)50-22(5)41/h11-12,16,18-19,24-27,30-33,44H,3,10,13-15,17H2,1-2,4-9H3/t19-,24-,25+,26+,27+,30+,31-,32-,33+,35-,36+,37+,38-/m1/s1. The summed E-state index contributed by atoms with van der Waals surface area (Å²) in [6.45, 7) is 15.1. The van der Waals surface area contributed by atoms with E-state index < -0.39 is 126 Å². The summed E-state index contributed by atoms with van der Waals surface area (Å²) in [4.78, 5) is 78.5. The van der Waals surface area contributed by atoms with Crippen LogP contribution in [0.5, 0.6) is 0 Å². The fourth-order valence-corrected chi connectivity index (χ4v) is 9.79. The number of carbonyl (C=O) groups excluding carboxylic acids is 6. The van der Waals surface area contributed by atoms with E-state index in [0.717, 1.165) is 12.5 Å². The van der Waals surface area contributed by atoms with Gasteiger partial charge >= 0.3 is 29.8 Å². The molecule has 1 N–H and O–H groups in total. The average molecular weight is 747 g/mol. The predicted octanol–water partition coefficient (Wildman–Crippen LogP) is 3.34. The molecule has 292 valence electrons. The van der Waals surface area contributed by atoms with Crippen LogP contribution in [0.3, 0.4) is 0 Å². The quantitative estimate of drug-likeness (QED) is 0.101. The Morgan fingerprint density at radius 2 is 1.83 bits per heavy atom. The van der Waals surface area contributed by atoms with E-state index in [1.807, 2.05) is 13.8 Å². The Hall–Kier alpha value is -4.24. The van der Waals surface area contributed by atoms with Gasteiger partial charge in [0.05, 0.1) is 44.0 Å². The summed E-state index contributed by atoms with van der Waals surface area (Å²) in [6.07, 6.45) is -3.21. The van der Waals surface area contributed by atoms with Crippen LogP contribution in [-0.4, -0.2) is 96.9 Å². The molecule has 1 aromatic heterocycles. The van der Waals surface area contributed by atoms with Crippen molar-refractivity contribution in [2.24, 2.45) is 28.6 Å². The summed E-state index contributed by atoms with van der Waals surface area (Å²) in [5.74, 6) is -7.29. The van der Waals surface area contributed by atoms with Crippen molar-refractivity contribution in [3.05, 3.63) is 36.3 Å². The van der Waals surface area contributed by atoms with Gasteiger partial charge in [0.2, 0.25) is 0 Å². The number of rotatable bonds is 13. The Balaban J connectivity index is 1.81. The highest BCUT2D eigenvalue weighted by Gasteiger charge is 2.85. The van der Waals surface area contributed by atoms with E-state index in [1.165, 1.54) is 27.2 Å². The molecule has 15 heteroatoms. The third-order valence-corrected chi connectivity index (χ3v) is 12.6. The van der Waals surface area contributed by atoms with Gasteiger partial charge in [-0.3, -0.25) is 24.0 Å². The fourth-order valence-electron chi connectivity index (χ4n) is 9.79. The fraction of sp³-hybridized carbons (Fsp3) is 0.684.